The maximum atomic E-state index is 12.5. The van der Waals surface area contributed by atoms with E-state index < -0.39 is 0 Å². The predicted octanol–water partition coefficient (Wildman–Crippen LogP) is 2.70. The number of carbonyl (C=O) groups excluding carboxylic acids is 1. The van der Waals surface area contributed by atoms with Gasteiger partial charge in [0, 0.05) is 17.3 Å². The summed E-state index contributed by atoms with van der Waals surface area (Å²) in [4.78, 5) is 16.8. The van der Waals surface area contributed by atoms with Gasteiger partial charge < -0.3 is 5.32 Å². The molecule has 1 amide bonds. The summed E-state index contributed by atoms with van der Waals surface area (Å²) in [5, 5.41) is 15.0. The van der Waals surface area contributed by atoms with Gasteiger partial charge >= 0.3 is 0 Å². The molecule has 7 heteroatoms. The molecule has 0 aliphatic carbocycles. The number of hydrogen-bond donors (Lipinski definition) is 2. The van der Waals surface area contributed by atoms with Crippen LogP contribution in [0.15, 0.2) is 55.0 Å². The third-order valence-electron chi connectivity index (χ3n) is 3.82. The number of nitrogens with zero attached hydrogens (tertiary/aromatic N) is 4. The van der Waals surface area contributed by atoms with Gasteiger partial charge in [0.05, 0.1) is 29.2 Å². The zero-order chi connectivity index (χ0) is 16.5. The van der Waals surface area contributed by atoms with Crippen molar-refractivity contribution in [3.8, 4) is 5.82 Å². The average Bonchev–Trinajstić information content (AvgIpc) is 3.21. The molecule has 118 valence electrons. The van der Waals surface area contributed by atoms with E-state index >= 15 is 0 Å². The fourth-order valence-electron chi connectivity index (χ4n) is 2.56. The van der Waals surface area contributed by atoms with Crippen LogP contribution in [0.3, 0.4) is 0 Å². The van der Waals surface area contributed by atoms with Crippen molar-refractivity contribution in [3.63, 3.8) is 0 Å². The van der Waals surface area contributed by atoms with Crippen molar-refractivity contribution in [3.05, 3.63) is 66.2 Å². The maximum absolute atomic E-state index is 12.5. The lowest BCUT2D eigenvalue weighted by molar-refractivity contribution is 0.102. The summed E-state index contributed by atoms with van der Waals surface area (Å²) in [5.41, 5.74) is 2.80. The molecule has 4 aromatic rings. The van der Waals surface area contributed by atoms with Gasteiger partial charge in [-0.15, -0.1) is 0 Å². The first-order chi connectivity index (χ1) is 11.7. The van der Waals surface area contributed by atoms with E-state index in [1.807, 2.05) is 43.3 Å². The van der Waals surface area contributed by atoms with E-state index in [-0.39, 0.29) is 5.91 Å². The van der Waals surface area contributed by atoms with Crippen LogP contribution in [0.2, 0.25) is 0 Å². The van der Waals surface area contributed by atoms with Crippen LogP contribution in [0.4, 0.5) is 5.69 Å². The number of carbonyl (C=O) groups is 1. The van der Waals surface area contributed by atoms with Crippen LogP contribution in [0, 0.1) is 6.92 Å². The molecule has 3 aromatic heterocycles. The lowest BCUT2D eigenvalue weighted by atomic mass is 10.2. The average molecular weight is 318 g/mol. The Labute approximate surface area is 137 Å². The number of H-pyrrole nitrogens is 1. The molecule has 0 aliphatic heterocycles. The first-order valence-corrected chi connectivity index (χ1v) is 7.43. The standard InChI is InChI=1S/C17H14N6O/c1-11-14(10-20-23(11)16-4-2-3-7-18-16)17(24)21-13-6-5-12-9-19-22-15(12)8-13/h2-10H,1H3,(H,19,22)(H,21,24). The van der Waals surface area contributed by atoms with E-state index in [1.165, 1.54) is 0 Å². The second kappa shape index (κ2) is 5.62. The second-order valence-corrected chi connectivity index (χ2v) is 5.37. The molecule has 3 heterocycles. The van der Waals surface area contributed by atoms with Crippen molar-refractivity contribution in [1.29, 1.82) is 0 Å². The summed E-state index contributed by atoms with van der Waals surface area (Å²) >= 11 is 0. The van der Waals surface area contributed by atoms with Gasteiger partial charge in [-0.1, -0.05) is 6.07 Å². The van der Waals surface area contributed by atoms with Gasteiger partial charge in [-0.05, 0) is 37.3 Å². The molecule has 0 radical (unpaired) electrons. The molecule has 7 nitrogen and oxygen atoms in total. The zero-order valence-corrected chi connectivity index (χ0v) is 12.9. The van der Waals surface area contributed by atoms with Crippen LogP contribution in [-0.2, 0) is 0 Å². The van der Waals surface area contributed by atoms with Crippen molar-refractivity contribution in [2.24, 2.45) is 0 Å². The number of benzene rings is 1. The van der Waals surface area contributed by atoms with E-state index in [1.54, 1.807) is 23.3 Å². The molecule has 0 unspecified atom stereocenters. The minimum absolute atomic E-state index is 0.214. The third-order valence-corrected chi connectivity index (χ3v) is 3.82. The first-order valence-electron chi connectivity index (χ1n) is 7.43. The second-order valence-electron chi connectivity index (χ2n) is 5.37. The maximum Gasteiger partial charge on any atom is 0.259 e. The molecule has 0 atom stereocenters. The Bertz CT molecular complexity index is 1020. The van der Waals surface area contributed by atoms with E-state index in [4.69, 9.17) is 0 Å². The molecule has 0 bridgehead atoms. The molecule has 0 aliphatic rings. The van der Waals surface area contributed by atoms with Crippen LogP contribution < -0.4 is 5.32 Å². The number of rotatable bonds is 3. The van der Waals surface area contributed by atoms with Gasteiger partial charge in [0.2, 0.25) is 0 Å². The summed E-state index contributed by atoms with van der Waals surface area (Å²) in [7, 11) is 0. The highest BCUT2D eigenvalue weighted by molar-refractivity contribution is 6.05. The Balaban J connectivity index is 1.61. The monoisotopic (exact) mass is 318 g/mol. The SMILES string of the molecule is Cc1c(C(=O)Nc2ccc3cn[nH]c3c2)cnn1-c1ccccn1. The molecule has 4 rings (SSSR count). The van der Waals surface area contributed by atoms with Crippen LogP contribution in [0.1, 0.15) is 16.1 Å². The van der Waals surface area contributed by atoms with Crippen LogP contribution >= 0.6 is 0 Å². The van der Waals surface area contributed by atoms with Gasteiger partial charge in [-0.3, -0.25) is 9.89 Å². The third kappa shape index (κ3) is 2.41. The number of hydrogen-bond acceptors (Lipinski definition) is 4. The Morgan fingerprint density at radius 1 is 1.21 bits per heavy atom. The quantitative estimate of drug-likeness (QED) is 0.608. The van der Waals surface area contributed by atoms with Gasteiger partial charge in [-0.2, -0.15) is 10.2 Å². The van der Waals surface area contributed by atoms with Gasteiger partial charge in [-0.25, -0.2) is 9.67 Å². The molecule has 1 aromatic carbocycles. The summed E-state index contributed by atoms with van der Waals surface area (Å²) in [6, 6.07) is 11.1. The lowest BCUT2D eigenvalue weighted by Crippen LogP contribution is -2.13. The highest BCUT2D eigenvalue weighted by atomic mass is 16.1. The largest absolute Gasteiger partial charge is 0.322 e. The number of aromatic nitrogens is 5. The number of nitrogens with one attached hydrogen (secondary N) is 2. The van der Waals surface area contributed by atoms with Gasteiger partial charge in [0.15, 0.2) is 5.82 Å². The van der Waals surface area contributed by atoms with Crippen molar-refractivity contribution in [2.75, 3.05) is 5.32 Å². The molecule has 2 N–H and O–H groups in total. The predicted molar refractivity (Wildman–Crippen MR) is 90.1 cm³/mol. The van der Waals surface area contributed by atoms with E-state index in [9.17, 15) is 4.79 Å². The fourth-order valence-corrected chi connectivity index (χ4v) is 2.56. The van der Waals surface area contributed by atoms with Crippen molar-refractivity contribution in [2.45, 2.75) is 6.92 Å². The molecule has 0 spiro atoms. The number of aromatic amines is 1. The number of amides is 1. The van der Waals surface area contributed by atoms with Crippen molar-refractivity contribution in [1.82, 2.24) is 25.0 Å². The van der Waals surface area contributed by atoms with Gasteiger partial charge in [0.25, 0.3) is 5.91 Å². The molecule has 0 fully saturated rings. The molecular weight excluding hydrogens is 304 g/mol. The molecule has 0 saturated heterocycles. The molecule has 24 heavy (non-hydrogen) atoms. The van der Waals surface area contributed by atoms with Crippen LogP contribution in [0.5, 0.6) is 0 Å². The van der Waals surface area contributed by atoms with Crippen molar-refractivity contribution < 1.29 is 4.79 Å². The van der Waals surface area contributed by atoms with Crippen molar-refractivity contribution >= 4 is 22.5 Å². The Morgan fingerprint density at radius 2 is 2.12 bits per heavy atom. The van der Waals surface area contributed by atoms with E-state index in [0.29, 0.717) is 17.1 Å². The smallest absolute Gasteiger partial charge is 0.259 e. The summed E-state index contributed by atoms with van der Waals surface area (Å²) < 4.78 is 1.65. The van der Waals surface area contributed by atoms with Crippen LogP contribution in [-0.4, -0.2) is 30.9 Å². The Hall–Kier alpha value is -3.48. The Morgan fingerprint density at radius 3 is 2.96 bits per heavy atom. The minimum atomic E-state index is -0.214. The minimum Gasteiger partial charge on any atom is -0.322 e. The number of anilines is 1. The summed E-state index contributed by atoms with van der Waals surface area (Å²) in [6.45, 7) is 1.84. The lowest BCUT2D eigenvalue weighted by Gasteiger charge is -2.06. The number of pyridine rings is 1. The zero-order valence-electron chi connectivity index (χ0n) is 12.9. The topological polar surface area (TPSA) is 88.5 Å². The highest BCUT2D eigenvalue weighted by Crippen LogP contribution is 2.18. The van der Waals surface area contributed by atoms with Gasteiger partial charge in [0.1, 0.15) is 0 Å². The fraction of sp³-hybridized carbons (Fsp3) is 0.0588. The summed E-state index contributed by atoms with van der Waals surface area (Å²) in [5.74, 6) is 0.460. The molecule has 0 saturated carbocycles. The summed E-state index contributed by atoms with van der Waals surface area (Å²) in [6.07, 6.45) is 4.98. The van der Waals surface area contributed by atoms with E-state index in [2.05, 4.69) is 25.6 Å². The Kier molecular flexibility index (Phi) is 3.31. The highest BCUT2D eigenvalue weighted by Gasteiger charge is 2.16. The van der Waals surface area contributed by atoms with E-state index in [0.717, 1.165) is 16.6 Å². The normalized spacial score (nSPS) is 10.9. The molecular formula is C17H14N6O. The van der Waals surface area contributed by atoms with Crippen LogP contribution in [0.25, 0.3) is 16.7 Å². The first kappa shape index (κ1) is 14.1. The number of fused-ring (bicyclic) bond motifs is 1.